The third-order valence-corrected chi connectivity index (χ3v) is 3.75. The van der Waals surface area contributed by atoms with E-state index in [0.29, 0.717) is 6.54 Å². The van der Waals surface area contributed by atoms with E-state index in [1.54, 1.807) is 6.07 Å². The van der Waals surface area contributed by atoms with Crippen LogP contribution < -0.4 is 11.3 Å². The van der Waals surface area contributed by atoms with Crippen LogP contribution in [0.1, 0.15) is 30.9 Å². The molecule has 1 aliphatic heterocycles. The van der Waals surface area contributed by atoms with Gasteiger partial charge in [-0.05, 0) is 19.3 Å². The van der Waals surface area contributed by atoms with Crippen molar-refractivity contribution in [2.24, 2.45) is 5.73 Å². The molecule has 1 aromatic heterocycles. The van der Waals surface area contributed by atoms with Gasteiger partial charge in [0.2, 0.25) is 5.91 Å². The molecule has 1 aromatic rings. The zero-order chi connectivity index (χ0) is 12.0. The number of likely N-dealkylation sites (tertiary alicyclic amines) is 1. The molecule has 0 spiro atoms. The number of H-pyrrole nitrogens is 2. The standard InChI is InChI=1S/C11H16N4O2/c12-11(2-3-11)10(17)15-4-1-7(6-15)8-5-9(16)14-13-8/h5,7H,1-4,6,12H2,(H2,13,14,16). The molecule has 0 aromatic carbocycles. The van der Waals surface area contributed by atoms with E-state index >= 15 is 0 Å². The van der Waals surface area contributed by atoms with Gasteiger partial charge in [-0.1, -0.05) is 0 Å². The van der Waals surface area contributed by atoms with Crippen molar-refractivity contribution >= 4 is 5.91 Å². The van der Waals surface area contributed by atoms with Crippen molar-refractivity contribution in [2.45, 2.75) is 30.7 Å². The molecule has 92 valence electrons. The summed E-state index contributed by atoms with van der Waals surface area (Å²) in [6.45, 7) is 1.39. The van der Waals surface area contributed by atoms with E-state index in [1.165, 1.54) is 0 Å². The van der Waals surface area contributed by atoms with Gasteiger partial charge in [-0.15, -0.1) is 0 Å². The summed E-state index contributed by atoms with van der Waals surface area (Å²) < 4.78 is 0. The van der Waals surface area contributed by atoms with E-state index in [-0.39, 0.29) is 17.4 Å². The summed E-state index contributed by atoms with van der Waals surface area (Å²) in [6.07, 6.45) is 2.48. The molecule has 1 aliphatic carbocycles. The van der Waals surface area contributed by atoms with Crippen LogP contribution in [0.25, 0.3) is 0 Å². The van der Waals surface area contributed by atoms with Gasteiger partial charge in [-0.2, -0.15) is 0 Å². The molecule has 3 rings (SSSR count). The zero-order valence-corrected chi connectivity index (χ0v) is 9.53. The number of hydrogen-bond donors (Lipinski definition) is 3. The van der Waals surface area contributed by atoms with Crippen molar-refractivity contribution in [3.8, 4) is 0 Å². The predicted molar refractivity (Wildman–Crippen MR) is 61.5 cm³/mol. The summed E-state index contributed by atoms with van der Waals surface area (Å²) in [7, 11) is 0. The normalized spacial score (nSPS) is 26.2. The summed E-state index contributed by atoms with van der Waals surface area (Å²) in [4.78, 5) is 24.9. The number of amides is 1. The molecule has 0 bridgehead atoms. The second-order valence-electron chi connectivity index (χ2n) is 5.11. The smallest absolute Gasteiger partial charge is 0.264 e. The largest absolute Gasteiger partial charge is 0.340 e. The van der Waals surface area contributed by atoms with Crippen molar-refractivity contribution < 1.29 is 4.79 Å². The quantitative estimate of drug-likeness (QED) is 0.646. The molecule has 1 unspecified atom stereocenters. The summed E-state index contributed by atoms with van der Waals surface area (Å²) >= 11 is 0. The topological polar surface area (TPSA) is 95.0 Å². The highest BCUT2D eigenvalue weighted by Gasteiger charge is 2.49. The minimum absolute atomic E-state index is 0.0675. The van der Waals surface area contributed by atoms with Crippen molar-refractivity contribution in [3.63, 3.8) is 0 Å². The van der Waals surface area contributed by atoms with E-state index in [9.17, 15) is 9.59 Å². The summed E-state index contributed by atoms with van der Waals surface area (Å²) in [5.74, 6) is 0.290. The molecule has 1 saturated carbocycles. The molecule has 17 heavy (non-hydrogen) atoms. The second-order valence-corrected chi connectivity index (χ2v) is 5.11. The fraction of sp³-hybridized carbons (Fsp3) is 0.636. The molecule has 6 nitrogen and oxygen atoms in total. The van der Waals surface area contributed by atoms with Crippen LogP contribution in [0.3, 0.4) is 0 Å². The Bertz CT molecular complexity index is 500. The maximum Gasteiger partial charge on any atom is 0.264 e. The Morgan fingerprint density at radius 1 is 1.47 bits per heavy atom. The number of carbonyl (C=O) groups excluding carboxylic acids is 1. The van der Waals surface area contributed by atoms with Gasteiger partial charge < -0.3 is 15.7 Å². The van der Waals surface area contributed by atoms with Crippen molar-refractivity contribution in [1.82, 2.24) is 15.1 Å². The molecule has 1 saturated heterocycles. The molecule has 0 radical (unpaired) electrons. The lowest BCUT2D eigenvalue weighted by atomic mass is 10.1. The molecule has 4 N–H and O–H groups in total. The number of aromatic amines is 2. The van der Waals surface area contributed by atoms with Gasteiger partial charge in [-0.3, -0.25) is 14.7 Å². The minimum Gasteiger partial charge on any atom is -0.340 e. The second kappa shape index (κ2) is 3.46. The Balaban J connectivity index is 1.69. The predicted octanol–water partition coefficient (Wildman–Crippen LogP) is -0.490. The number of nitrogens with two attached hydrogens (primary N) is 1. The van der Waals surface area contributed by atoms with Crippen LogP contribution in [0.5, 0.6) is 0 Å². The number of aromatic nitrogens is 2. The van der Waals surface area contributed by atoms with Crippen molar-refractivity contribution in [1.29, 1.82) is 0 Å². The summed E-state index contributed by atoms with van der Waals surface area (Å²) in [6, 6.07) is 1.56. The third-order valence-electron chi connectivity index (χ3n) is 3.75. The number of nitrogens with one attached hydrogen (secondary N) is 2. The van der Waals surface area contributed by atoms with Crippen LogP contribution in [0.4, 0.5) is 0 Å². The van der Waals surface area contributed by atoms with Gasteiger partial charge >= 0.3 is 0 Å². The molecule has 2 fully saturated rings. The van der Waals surface area contributed by atoms with Gasteiger partial charge in [0.1, 0.15) is 0 Å². The average Bonchev–Trinajstić information content (AvgIpc) is 2.77. The van der Waals surface area contributed by atoms with E-state index in [1.807, 2.05) is 4.90 Å². The Morgan fingerprint density at radius 2 is 2.24 bits per heavy atom. The lowest BCUT2D eigenvalue weighted by Gasteiger charge is -2.20. The van der Waals surface area contributed by atoms with Gasteiger partial charge in [0, 0.05) is 30.8 Å². The van der Waals surface area contributed by atoms with Crippen LogP contribution >= 0.6 is 0 Å². The maximum absolute atomic E-state index is 12.0. The third kappa shape index (κ3) is 1.78. The molecule has 6 heteroatoms. The van der Waals surface area contributed by atoms with Crippen molar-refractivity contribution in [3.05, 3.63) is 22.1 Å². The average molecular weight is 236 g/mol. The number of rotatable bonds is 2. The first-order valence-electron chi connectivity index (χ1n) is 5.94. The van der Waals surface area contributed by atoms with Crippen LogP contribution in [0, 0.1) is 0 Å². The van der Waals surface area contributed by atoms with Crippen molar-refractivity contribution in [2.75, 3.05) is 13.1 Å². The van der Waals surface area contributed by atoms with Crippen LogP contribution in [0.15, 0.2) is 10.9 Å². The SMILES string of the molecule is NC1(C(=O)N2CCC(c3cc(=O)[nH][nH]3)C2)CC1. The number of nitrogens with zero attached hydrogens (tertiary/aromatic N) is 1. The molecule has 1 amide bonds. The number of hydrogen-bond acceptors (Lipinski definition) is 3. The Labute approximate surface area is 98.2 Å². The van der Waals surface area contributed by atoms with E-state index in [2.05, 4.69) is 10.2 Å². The van der Waals surface area contributed by atoms with Gasteiger partial charge in [-0.25, -0.2) is 0 Å². The van der Waals surface area contributed by atoms with Crippen LogP contribution in [-0.4, -0.2) is 39.6 Å². The molecular weight excluding hydrogens is 220 g/mol. The first-order chi connectivity index (χ1) is 8.08. The van der Waals surface area contributed by atoms with Crippen LogP contribution in [-0.2, 0) is 4.79 Å². The first-order valence-corrected chi connectivity index (χ1v) is 5.94. The number of carbonyl (C=O) groups is 1. The highest BCUT2D eigenvalue weighted by molar-refractivity contribution is 5.89. The Morgan fingerprint density at radius 3 is 2.82 bits per heavy atom. The Kier molecular flexibility index (Phi) is 2.16. The van der Waals surface area contributed by atoms with E-state index < -0.39 is 5.54 Å². The summed E-state index contributed by atoms with van der Waals surface area (Å²) in [5.41, 5.74) is 6.08. The highest BCUT2D eigenvalue weighted by Crippen LogP contribution is 2.36. The maximum atomic E-state index is 12.0. The van der Waals surface area contributed by atoms with Crippen LogP contribution in [0.2, 0.25) is 0 Å². The van der Waals surface area contributed by atoms with Gasteiger partial charge in [0.15, 0.2) is 0 Å². The zero-order valence-electron chi connectivity index (χ0n) is 9.53. The lowest BCUT2D eigenvalue weighted by Crippen LogP contribution is -2.44. The van der Waals surface area contributed by atoms with Gasteiger partial charge in [0.25, 0.3) is 5.56 Å². The fourth-order valence-electron chi connectivity index (χ4n) is 2.43. The molecular formula is C11H16N4O2. The Hall–Kier alpha value is -1.56. The van der Waals surface area contributed by atoms with E-state index in [4.69, 9.17) is 5.73 Å². The van der Waals surface area contributed by atoms with Gasteiger partial charge in [0.05, 0.1) is 5.54 Å². The highest BCUT2D eigenvalue weighted by atomic mass is 16.2. The lowest BCUT2D eigenvalue weighted by molar-refractivity contribution is -0.132. The minimum atomic E-state index is -0.583. The molecule has 2 heterocycles. The molecule has 1 atom stereocenters. The monoisotopic (exact) mass is 236 g/mol. The fourth-order valence-corrected chi connectivity index (χ4v) is 2.43. The first kappa shape index (κ1) is 10.6. The van der Waals surface area contributed by atoms with E-state index in [0.717, 1.165) is 31.5 Å². The summed E-state index contributed by atoms with van der Waals surface area (Å²) in [5, 5.41) is 5.38. The molecule has 2 aliphatic rings.